The third kappa shape index (κ3) is 4.42. The van der Waals surface area contributed by atoms with Crippen LogP contribution in [0.4, 0.5) is 5.69 Å². The van der Waals surface area contributed by atoms with Gasteiger partial charge in [0.05, 0.1) is 5.69 Å². The molecule has 2 amide bonds. The van der Waals surface area contributed by atoms with Gasteiger partial charge in [0.15, 0.2) is 0 Å². The molecular weight excluding hydrogens is 332 g/mol. The highest BCUT2D eigenvalue weighted by Crippen LogP contribution is 2.43. The monoisotopic (exact) mass is 354 g/mol. The zero-order valence-corrected chi connectivity index (χ0v) is 15.3. The van der Waals surface area contributed by atoms with Crippen molar-refractivity contribution in [3.63, 3.8) is 0 Å². The normalized spacial score (nSPS) is 16.1. The zero-order valence-electron chi connectivity index (χ0n) is 14.5. The van der Waals surface area contributed by atoms with Crippen molar-refractivity contribution >= 4 is 29.3 Å². The van der Waals surface area contributed by atoms with Crippen molar-refractivity contribution in [2.45, 2.75) is 36.5 Å². The molecule has 4 nitrogen and oxygen atoms in total. The van der Waals surface area contributed by atoms with Crippen LogP contribution in [0.15, 0.2) is 59.5 Å². The number of hydrogen-bond acceptors (Lipinski definition) is 3. The molecule has 0 bridgehead atoms. The van der Waals surface area contributed by atoms with Gasteiger partial charge in [0, 0.05) is 22.6 Å². The van der Waals surface area contributed by atoms with E-state index in [1.807, 2.05) is 54.6 Å². The van der Waals surface area contributed by atoms with Gasteiger partial charge >= 0.3 is 0 Å². The first-order valence-corrected chi connectivity index (χ1v) is 9.15. The predicted octanol–water partition coefficient (Wildman–Crippen LogP) is 3.61. The second kappa shape index (κ2) is 7.31. The topological polar surface area (TPSA) is 49.4 Å². The summed E-state index contributed by atoms with van der Waals surface area (Å²) in [5, 5.41) is 2.90. The summed E-state index contributed by atoms with van der Waals surface area (Å²) >= 11 is 1.69. The van der Waals surface area contributed by atoms with E-state index in [-0.39, 0.29) is 23.1 Å². The molecule has 1 aliphatic heterocycles. The maximum atomic E-state index is 12.7. The highest BCUT2D eigenvalue weighted by Gasteiger charge is 2.33. The van der Waals surface area contributed by atoms with Gasteiger partial charge in [0.25, 0.3) is 0 Å². The van der Waals surface area contributed by atoms with Crippen molar-refractivity contribution in [1.82, 2.24) is 5.32 Å². The van der Waals surface area contributed by atoms with E-state index < -0.39 is 0 Å². The third-order valence-corrected chi connectivity index (χ3v) is 5.32. The molecule has 5 heteroatoms. The molecule has 0 saturated carbocycles. The molecule has 1 aliphatic rings. The minimum atomic E-state index is -0.192. The quantitative estimate of drug-likeness (QED) is 0.912. The Morgan fingerprint density at radius 3 is 2.56 bits per heavy atom. The van der Waals surface area contributed by atoms with Crippen LogP contribution in [0.1, 0.15) is 25.8 Å². The van der Waals surface area contributed by atoms with Gasteiger partial charge in [0.2, 0.25) is 11.8 Å². The van der Waals surface area contributed by atoms with Crippen LogP contribution < -0.4 is 10.2 Å². The largest absolute Gasteiger partial charge is 0.350 e. The molecule has 2 aromatic carbocycles. The molecular formula is C20H22N2O2S. The Hall–Kier alpha value is -2.27. The molecule has 1 N–H and O–H groups in total. The summed E-state index contributed by atoms with van der Waals surface area (Å²) < 4.78 is -0.192. The van der Waals surface area contributed by atoms with Gasteiger partial charge in [-0.15, -0.1) is 11.8 Å². The van der Waals surface area contributed by atoms with Crippen LogP contribution in [0.5, 0.6) is 0 Å². The van der Waals surface area contributed by atoms with Crippen LogP contribution in [0.2, 0.25) is 0 Å². The lowest BCUT2D eigenvalue weighted by molar-refractivity contribution is -0.124. The van der Waals surface area contributed by atoms with E-state index in [1.54, 1.807) is 16.7 Å². The molecule has 0 saturated heterocycles. The number of fused-ring (bicyclic) bond motifs is 1. The molecule has 2 aromatic rings. The van der Waals surface area contributed by atoms with E-state index in [4.69, 9.17) is 0 Å². The van der Waals surface area contributed by atoms with Crippen molar-refractivity contribution in [3.05, 3.63) is 60.2 Å². The number of nitrogens with zero attached hydrogens (tertiary/aromatic N) is 1. The van der Waals surface area contributed by atoms with E-state index in [1.165, 1.54) is 0 Å². The van der Waals surface area contributed by atoms with Crippen molar-refractivity contribution in [2.24, 2.45) is 0 Å². The van der Waals surface area contributed by atoms with Gasteiger partial charge in [-0.3, -0.25) is 9.59 Å². The van der Waals surface area contributed by atoms with Gasteiger partial charge in [-0.05, 0) is 31.5 Å². The summed E-state index contributed by atoms with van der Waals surface area (Å²) in [6.07, 6.45) is 0.401. The number of hydrogen-bond donors (Lipinski definition) is 1. The minimum Gasteiger partial charge on any atom is -0.350 e. The Balaban J connectivity index is 1.74. The number of carbonyl (C=O) groups excluding carboxylic acids is 2. The molecule has 3 rings (SSSR count). The van der Waals surface area contributed by atoms with Crippen molar-refractivity contribution in [2.75, 3.05) is 11.4 Å². The average Bonchev–Trinajstić information content (AvgIpc) is 2.67. The number of nitrogens with one attached hydrogen (secondary N) is 1. The van der Waals surface area contributed by atoms with E-state index in [0.29, 0.717) is 13.0 Å². The van der Waals surface area contributed by atoms with Gasteiger partial charge in [-0.2, -0.15) is 0 Å². The summed E-state index contributed by atoms with van der Waals surface area (Å²) in [5.74, 6) is -0.172. The van der Waals surface area contributed by atoms with E-state index >= 15 is 0 Å². The number of anilines is 1. The SMILES string of the molecule is CC1(C)CC(=O)N(CC(=O)NCc2ccccc2)c2ccccc2S1. The minimum absolute atomic E-state index is 0.0164. The zero-order chi connectivity index (χ0) is 17.9. The molecule has 0 atom stereocenters. The number of rotatable bonds is 4. The lowest BCUT2D eigenvalue weighted by atomic mass is 10.1. The van der Waals surface area contributed by atoms with Crippen LogP contribution in [0.3, 0.4) is 0 Å². The fourth-order valence-electron chi connectivity index (χ4n) is 2.86. The molecule has 130 valence electrons. The predicted molar refractivity (Wildman–Crippen MR) is 102 cm³/mol. The molecule has 0 fully saturated rings. The lowest BCUT2D eigenvalue weighted by Crippen LogP contribution is -2.41. The molecule has 0 radical (unpaired) electrons. The van der Waals surface area contributed by atoms with Gasteiger partial charge in [-0.25, -0.2) is 0 Å². The third-order valence-electron chi connectivity index (χ3n) is 4.05. The van der Waals surface area contributed by atoms with Crippen LogP contribution in [0, 0.1) is 0 Å². The average molecular weight is 354 g/mol. The van der Waals surface area contributed by atoms with E-state index in [9.17, 15) is 9.59 Å². The van der Waals surface area contributed by atoms with Crippen LogP contribution in [0.25, 0.3) is 0 Å². The highest BCUT2D eigenvalue weighted by molar-refractivity contribution is 8.00. The summed E-state index contributed by atoms with van der Waals surface area (Å²) in [6.45, 7) is 4.62. The van der Waals surface area contributed by atoms with Gasteiger partial charge in [0.1, 0.15) is 6.54 Å². The standard InChI is InChI=1S/C20H22N2O2S/c1-20(2)12-19(24)22(16-10-6-7-11-17(16)25-20)14-18(23)21-13-15-8-4-3-5-9-15/h3-11H,12-14H2,1-2H3,(H,21,23). The Morgan fingerprint density at radius 2 is 1.80 bits per heavy atom. The smallest absolute Gasteiger partial charge is 0.240 e. The van der Waals surface area contributed by atoms with Crippen LogP contribution in [-0.2, 0) is 16.1 Å². The van der Waals surface area contributed by atoms with Crippen LogP contribution in [-0.4, -0.2) is 23.1 Å². The number of carbonyl (C=O) groups is 2. The van der Waals surface area contributed by atoms with Crippen molar-refractivity contribution in [1.29, 1.82) is 0 Å². The Bertz CT molecular complexity index is 774. The molecule has 25 heavy (non-hydrogen) atoms. The fraction of sp³-hybridized carbons (Fsp3) is 0.300. The Kier molecular flexibility index (Phi) is 5.13. The summed E-state index contributed by atoms with van der Waals surface area (Å²) in [4.78, 5) is 27.8. The second-order valence-corrected chi connectivity index (χ2v) is 8.50. The lowest BCUT2D eigenvalue weighted by Gasteiger charge is -2.22. The first kappa shape index (κ1) is 17.5. The van der Waals surface area contributed by atoms with Gasteiger partial charge < -0.3 is 10.2 Å². The van der Waals surface area contributed by atoms with E-state index in [0.717, 1.165) is 16.1 Å². The van der Waals surface area contributed by atoms with Crippen LogP contribution >= 0.6 is 11.8 Å². The van der Waals surface area contributed by atoms with Gasteiger partial charge in [-0.1, -0.05) is 42.5 Å². The Morgan fingerprint density at radius 1 is 1.12 bits per heavy atom. The first-order chi connectivity index (χ1) is 11.9. The van der Waals surface area contributed by atoms with Crippen molar-refractivity contribution in [3.8, 4) is 0 Å². The first-order valence-electron chi connectivity index (χ1n) is 8.34. The molecule has 0 unspecified atom stereocenters. The fourth-order valence-corrected chi connectivity index (χ4v) is 4.08. The van der Waals surface area contributed by atoms with Crippen molar-refractivity contribution < 1.29 is 9.59 Å². The number of amides is 2. The maximum Gasteiger partial charge on any atom is 0.240 e. The molecule has 0 aromatic heterocycles. The molecule has 0 aliphatic carbocycles. The van der Waals surface area contributed by atoms with E-state index in [2.05, 4.69) is 19.2 Å². The Labute approximate surface area is 152 Å². The number of para-hydroxylation sites is 1. The number of benzene rings is 2. The summed E-state index contributed by atoms with van der Waals surface area (Å²) in [7, 11) is 0. The summed E-state index contributed by atoms with van der Waals surface area (Å²) in [5.41, 5.74) is 1.85. The highest BCUT2D eigenvalue weighted by atomic mass is 32.2. The maximum absolute atomic E-state index is 12.7. The molecule has 1 heterocycles. The molecule has 0 spiro atoms. The summed E-state index contributed by atoms with van der Waals surface area (Å²) in [6, 6.07) is 17.5. The number of thioether (sulfide) groups is 1. The second-order valence-electron chi connectivity index (χ2n) is 6.75.